The second-order valence-electron chi connectivity index (χ2n) is 6.03. The number of nitrogens with zero attached hydrogens (tertiary/aromatic N) is 1. The summed E-state index contributed by atoms with van der Waals surface area (Å²) in [5.41, 5.74) is 6.96. The number of nitrogens with two attached hydrogens (primary N) is 1. The largest absolute Gasteiger partial charge is 0.457 e. The highest BCUT2D eigenvalue weighted by Crippen LogP contribution is 2.24. The number of ether oxygens (including phenoxy) is 1. The van der Waals surface area contributed by atoms with Crippen LogP contribution in [0.3, 0.4) is 0 Å². The van der Waals surface area contributed by atoms with Gasteiger partial charge in [0.2, 0.25) is 5.55 Å². The molecule has 2 N–H and O–H groups in total. The van der Waals surface area contributed by atoms with Gasteiger partial charge in [-0.2, -0.15) is 0 Å². The van der Waals surface area contributed by atoms with Crippen LogP contribution in [0.25, 0.3) is 11.0 Å². The summed E-state index contributed by atoms with van der Waals surface area (Å²) in [6.45, 7) is 0. The van der Waals surface area contributed by atoms with Crippen molar-refractivity contribution < 1.29 is 13.9 Å². The minimum Gasteiger partial charge on any atom is -0.457 e. The molecule has 1 amide bonds. The molecule has 3 aromatic carbocycles. The number of primary amides is 1. The van der Waals surface area contributed by atoms with Crippen molar-refractivity contribution in [2.45, 2.75) is 0 Å². The molecule has 0 aliphatic carbocycles. The van der Waals surface area contributed by atoms with Crippen molar-refractivity contribution in [2.75, 3.05) is 0 Å². The fourth-order valence-electron chi connectivity index (χ4n) is 2.69. The van der Waals surface area contributed by atoms with E-state index in [9.17, 15) is 4.79 Å². The van der Waals surface area contributed by atoms with Crippen LogP contribution in [0, 0.1) is 0 Å². The van der Waals surface area contributed by atoms with Crippen LogP contribution in [0.5, 0.6) is 11.5 Å². The van der Waals surface area contributed by atoms with Gasteiger partial charge in [-0.1, -0.05) is 29.8 Å². The molecule has 138 valence electrons. The highest BCUT2D eigenvalue weighted by molar-refractivity contribution is 6.31. The summed E-state index contributed by atoms with van der Waals surface area (Å²) < 4.78 is 11.5. The lowest BCUT2D eigenvalue weighted by Crippen LogP contribution is -2.21. The molecule has 1 aromatic heterocycles. The number of rotatable bonds is 4. The van der Waals surface area contributed by atoms with Gasteiger partial charge in [-0.05, 0) is 60.7 Å². The Hall–Kier alpha value is -3.57. The van der Waals surface area contributed by atoms with Gasteiger partial charge in [-0.3, -0.25) is 4.79 Å². The van der Waals surface area contributed by atoms with E-state index in [0.717, 1.165) is 5.75 Å². The van der Waals surface area contributed by atoms with Crippen LogP contribution >= 0.6 is 11.6 Å². The molecule has 0 fully saturated rings. The predicted octanol–water partition coefficient (Wildman–Crippen LogP) is 5.21. The van der Waals surface area contributed by atoms with Crippen molar-refractivity contribution in [2.24, 2.45) is 10.7 Å². The average molecular weight is 391 g/mol. The molecule has 5 nitrogen and oxygen atoms in total. The number of fused-ring (bicyclic) bond motifs is 1. The molecular weight excluding hydrogens is 376 g/mol. The van der Waals surface area contributed by atoms with Crippen molar-refractivity contribution in [3.05, 3.63) is 95.0 Å². The van der Waals surface area contributed by atoms with Crippen molar-refractivity contribution in [3.8, 4) is 11.5 Å². The van der Waals surface area contributed by atoms with Crippen LogP contribution in [0.15, 0.2) is 88.3 Å². The molecule has 28 heavy (non-hydrogen) atoms. The van der Waals surface area contributed by atoms with Gasteiger partial charge >= 0.3 is 0 Å². The average Bonchev–Trinajstić information content (AvgIpc) is 2.70. The maximum Gasteiger partial charge on any atom is 0.254 e. The maximum absolute atomic E-state index is 11.8. The molecule has 4 rings (SSSR count). The van der Waals surface area contributed by atoms with Crippen molar-refractivity contribution >= 4 is 34.2 Å². The Morgan fingerprint density at radius 3 is 2.36 bits per heavy atom. The molecule has 0 saturated carbocycles. The lowest BCUT2D eigenvalue weighted by molar-refractivity contribution is 0.0996. The Kier molecular flexibility index (Phi) is 4.83. The molecule has 0 atom stereocenters. The Labute approximate surface area is 165 Å². The Balaban J connectivity index is 1.71. The fourth-order valence-corrected chi connectivity index (χ4v) is 2.87. The van der Waals surface area contributed by atoms with Crippen LogP contribution in [0.4, 0.5) is 5.69 Å². The van der Waals surface area contributed by atoms with Crippen LogP contribution in [0.2, 0.25) is 5.02 Å². The number of benzene rings is 3. The Bertz CT molecular complexity index is 1220. The standard InChI is InChI=1S/C22H15ClN2O3/c23-15-6-11-20-14(12-15)13-19(21(24)26)22(28-20)25-16-7-9-18(10-8-16)27-17-4-2-1-3-5-17/h1-13H,(H2,24,26). The summed E-state index contributed by atoms with van der Waals surface area (Å²) in [5.74, 6) is 0.783. The summed E-state index contributed by atoms with van der Waals surface area (Å²) in [6.07, 6.45) is 0. The van der Waals surface area contributed by atoms with E-state index >= 15 is 0 Å². The van der Waals surface area contributed by atoms with E-state index in [1.807, 2.05) is 30.3 Å². The normalized spacial score (nSPS) is 11.5. The molecule has 0 aliphatic rings. The van der Waals surface area contributed by atoms with E-state index in [-0.39, 0.29) is 11.1 Å². The van der Waals surface area contributed by atoms with E-state index in [0.29, 0.717) is 27.4 Å². The monoisotopic (exact) mass is 390 g/mol. The number of carbonyl (C=O) groups excluding carboxylic acids is 1. The van der Waals surface area contributed by atoms with Gasteiger partial charge in [0.1, 0.15) is 22.6 Å². The summed E-state index contributed by atoms with van der Waals surface area (Å²) in [4.78, 5) is 16.3. The third-order valence-corrected chi connectivity index (χ3v) is 4.26. The summed E-state index contributed by atoms with van der Waals surface area (Å²) in [5, 5.41) is 1.21. The fraction of sp³-hybridized carbons (Fsp3) is 0. The quantitative estimate of drug-likeness (QED) is 0.519. The third-order valence-electron chi connectivity index (χ3n) is 4.02. The van der Waals surface area contributed by atoms with Crippen molar-refractivity contribution in [3.63, 3.8) is 0 Å². The van der Waals surface area contributed by atoms with Gasteiger partial charge < -0.3 is 14.9 Å². The highest BCUT2D eigenvalue weighted by atomic mass is 35.5. The molecule has 0 saturated heterocycles. The minimum atomic E-state index is -0.631. The summed E-state index contributed by atoms with van der Waals surface area (Å²) in [6, 6.07) is 23.3. The van der Waals surface area contributed by atoms with Crippen LogP contribution in [-0.2, 0) is 0 Å². The second kappa shape index (κ2) is 7.58. The molecular formula is C22H15ClN2O3. The first-order chi connectivity index (χ1) is 13.6. The lowest BCUT2D eigenvalue weighted by atomic mass is 10.2. The zero-order chi connectivity index (χ0) is 19.5. The SMILES string of the molecule is NC(=O)c1cc2cc(Cl)ccc2oc1=Nc1ccc(Oc2ccccc2)cc1. The Morgan fingerprint density at radius 1 is 0.929 bits per heavy atom. The van der Waals surface area contributed by atoms with Gasteiger partial charge in [0.15, 0.2) is 0 Å². The smallest absolute Gasteiger partial charge is 0.254 e. The summed E-state index contributed by atoms with van der Waals surface area (Å²) >= 11 is 6.00. The highest BCUT2D eigenvalue weighted by Gasteiger charge is 2.10. The third kappa shape index (κ3) is 3.89. The van der Waals surface area contributed by atoms with E-state index in [1.54, 1.807) is 48.5 Å². The summed E-state index contributed by atoms with van der Waals surface area (Å²) in [7, 11) is 0. The van der Waals surface area contributed by atoms with Crippen LogP contribution in [-0.4, -0.2) is 5.91 Å². The Morgan fingerprint density at radius 2 is 1.64 bits per heavy atom. The first-order valence-electron chi connectivity index (χ1n) is 8.49. The van der Waals surface area contributed by atoms with Crippen LogP contribution < -0.4 is 16.0 Å². The van der Waals surface area contributed by atoms with E-state index in [2.05, 4.69) is 4.99 Å². The number of halogens is 1. The van der Waals surface area contributed by atoms with Gasteiger partial charge in [-0.25, -0.2) is 4.99 Å². The van der Waals surface area contributed by atoms with Gasteiger partial charge in [0, 0.05) is 10.4 Å². The molecule has 0 aliphatic heterocycles. The molecule has 4 aromatic rings. The molecule has 6 heteroatoms. The maximum atomic E-state index is 11.8. The van der Waals surface area contributed by atoms with Crippen molar-refractivity contribution in [1.29, 1.82) is 0 Å². The van der Waals surface area contributed by atoms with Crippen LogP contribution in [0.1, 0.15) is 10.4 Å². The molecule has 0 unspecified atom stereocenters. The molecule has 0 radical (unpaired) electrons. The molecule has 0 spiro atoms. The molecule has 1 heterocycles. The van der Waals surface area contributed by atoms with Crippen molar-refractivity contribution in [1.82, 2.24) is 0 Å². The van der Waals surface area contributed by atoms with E-state index in [4.69, 9.17) is 26.5 Å². The van der Waals surface area contributed by atoms with E-state index in [1.165, 1.54) is 0 Å². The van der Waals surface area contributed by atoms with Gasteiger partial charge in [-0.15, -0.1) is 0 Å². The number of amides is 1. The van der Waals surface area contributed by atoms with Gasteiger partial charge in [0.25, 0.3) is 5.91 Å². The number of carbonyl (C=O) groups is 1. The number of hydrogen-bond donors (Lipinski definition) is 1. The molecule has 0 bridgehead atoms. The number of hydrogen-bond acceptors (Lipinski definition) is 4. The topological polar surface area (TPSA) is 77.8 Å². The van der Waals surface area contributed by atoms with Gasteiger partial charge in [0.05, 0.1) is 5.69 Å². The predicted molar refractivity (Wildman–Crippen MR) is 108 cm³/mol. The zero-order valence-electron chi connectivity index (χ0n) is 14.6. The lowest BCUT2D eigenvalue weighted by Gasteiger charge is -2.05. The first-order valence-corrected chi connectivity index (χ1v) is 8.87. The van der Waals surface area contributed by atoms with E-state index < -0.39 is 5.91 Å². The second-order valence-corrected chi connectivity index (χ2v) is 6.47. The minimum absolute atomic E-state index is 0.138. The first kappa shape index (κ1) is 17.8. The number of para-hydroxylation sites is 1. The zero-order valence-corrected chi connectivity index (χ0v) is 15.4.